The molecule has 0 atom stereocenters. The Morgan fingerprint density at radius 2 is 2.06 bits per heavy atom. The quantitative estimate of drug-likeness (QED) is 0.890. The van der Waals surface area contributed by atoms with E-state index in [4.69, 9.17) is 10.00 Å². The zero-order valence-corrected chi connectivity index (χ0v) is 10.1. The molecule has 4 nitrogen and oxygen atoms in total. The molecule has 0 bridgehead atoms. The van der Waals surface area contributed by atoms with Crippen LogP contribution in [0.3, 0.4) is 0 Å². The Balaban J connectivity index is 2.04. The summed E-state index contributed by atoms with van der Waals surface area (Å²) in [7, 11) is 1.61. The van der Waals surface area contributed by atoms with Gasteiger partial charge in [-0.25, -0.2) is 4.98 Å². The normalized spacial score (nSPS) is 9.56. The van der Waals surface area contributed by atoms with Crippen molar-refractivity contribution < 1.29 is 4.74 Å². The first kappa shape index (κ1) is 11.9. The molecule has 1 aromatic heterocycles. The summed E-state index contributed by atoms with van der Waals surface area (Å²) in [6.07, 6.45) is 1.71. The van der Waals surface area contributed by atoms with Gasteiger partial charge in [-0.1, -0.05) is 12.1 Å². The molecule has 0 saturated heterocycles. The molecule has 0 aliphatic carbocycles. The van der Waals surface area contributed by atoms with Crippen LogP contribution in [-0.2, 0) is 6.54 Å². The summed E-state index contributed by atoms with van der Waals surface area (Å²) in [6, 6.07) is 13.2. The fourth-order valence-corrected chi connectivity index (χ4v) is 1.57. The average molecular weight is 239 g/mol. The molecule has 18 heavy (non-hydrogen) atoms. The standard InChI is InChI=1S/C14H13N3O/c1-18-13-3-2-8-16-14(13)17-10-12-6-4-11(9-15)5-7-12/h2-8H,10H2,1H3,(H,16,17). The summed E-state index contributed by atoms with van der Waals surface area (Å²) >= 11 is 0. The van der Waals surface area contributed by atoms with E-state index in [1.807, 2.05) is 24.3 Å². The molecule has 1 aromatic carbocycles. The summed E-state index contributed by atoms with van der Waals surface area (Å²) < 4.78 is 5.20. The van der Waals surface area contributed by atoms with E-state index in [2.05, 4.69) is 16.4 Å². The van der Waals surface area contributed by atoms with Crippen molar-refractivity contribution in [3.8, 4) is 11.8 Å². The lowest BCUT2D eigenvalue weighted by Crippen LogP contribution is -2.03. The van der Waals surface area contributed by atoms with Gasteiger partial charge in [0.15, 0.2) is 11.6 Å². The zero-order valence-electron chi connectivity index (χ0n) is 10.1. The lowest BCUT2D eigenvalue weighted by Gasteiger charge is -2.09. The number of rotatable bonds is 4. The number of pyridine rings is 1. The maximum absolute atomic E-state index is 8.71. The number of methoxy groups -OCH3 is 1. The van der Waals surface area contributed by atoms with Gasteiger partial charge in [0.05, 0.1) is 18.7 Å². The highest BCUT2D eigenvalue weighted by atomic mass is 16.5. The van der Waals surface area contributed by atoms with Gasteiger partial charge < -0.3 is 10.1 Å². The average Bonchev–Trinajstić information content (AvgIpc) is 2.46. The fraction of sp³-hybridized carbons (Fsp3) is 0.143. The van der Waals surface area contributed by atoms with E-state index in [1.54, 1.807) is 25.4 Å². The topological polar surface area (TPSA) is 57.9 Å². The summed E-state index contributed by atoms with van der Waals surface area (Å²) in [5.74, 6) is 1.43. The van der Waals surface area contributed by atoms with Gasteiger partial charge in [0.1, 0.15) is 0 Å². The Morgan fingerprint density at radius 3 is 2.72 bits per heavy atom. The van der Waals surface area contributed by atoms with Crippen LogP contribution in [0.2, 0.25) is 0 Å². The maximum atomic E-state index is 8.71. The van der Waals surface area contributed by atoms with E-state index in [0.29, 0.717) is 23.7 Å². The lowest BCUT2D eigenvalue weighted by molar-refractivity contribution is 0.415. The third-order valence-corrected chi connectivity index (χ3v) is 2.53. The smallest absolute Gasteiger partial charge is 0.168 e. The fourth-order valence-electron chi connectivity index (χ4n) is 1.57. The van der Waals surface area contributed by atoms with Crippen molar-refractivity contribution in [3.63, 3.8) is 0 Å². The summed E-state index contributed by atoms with van der Waals surface area (Å²) in [5, 5.41) is 11.9. The van der Waals surface area contributed by atoms with Gasteiger partial charge in [0.25, 0.3) is 0 Å². The van der Waals surface area contributed by atoms with E-state index in [9.17, 15) is 0 Å². The molecule has 2 aromatic rings. The van der Waals surface area contributed by atoms with Crippen LogP contribution in [0.5, 0.6) is 5.75 Å². The number of nitrogens with one attached hydrogen (secondary N) is 1. The van der Waals surface area contributed by atoms with Crippen LogP contribution in [-0.4, -0.2) is 12.1 Å². The minimum absolute atomic E-state index is 0.638. The van der Waals surface area contributed by atoms with Gasteiger partial charge >= 0.3 is 0 Å². The Kier molecular flexibility index (Phi) is 3.77. The van der Waals surface area contributed by atoms with Crippen molar-refractivity contribution in [2.75, 3.05) is 12.4 Å². The number of hydrogen-bond donors (Lipinski definition) is 1. The van der Waals surface area contributed by atoms with E-state index >= 15 is 0 Å². The van der Waals surface area contributed by atoms with E-state index in [-0.39, 0.29) is 0 Å². The Labute approximate surface area is 106 Å². The first-order valence-corrected chi connectivity index (χ1v) is 5.55. The van der Waals surface area contributed by atoms with Crippen LogP contribution in [0.4, 0.5) is 5.82 Å². The van der Waals surface area contributed by atoms with Crippen molar-refractivity contribution in [1.82, 2.24) is 4.98 Å². The van der Waals surface area contributed by atoms with E-state index in [1.165, 1.54) is 0 Å². The van der Waals surface area contributed by atoms with Crippen molar-refractivity contribution in [1.29, 1.82) is 5.26 Å². The van der Waals surface area contributed by atoms with Crippen molar-refractivity contribution >= 4 is 5.82 Å². The number of nitriles is 1. The summed E-state index contributed by atoms with van der Waals surface area (Å²) in [4.78, 5) is 4.21. The molecule has 2 rings (SSSR count). The minimum atomic E-state index is 0.638. The largest absolute Gasteiger partial charge is 0.493 e. The van der Waals surface area contributed by atoms with Crippen LogP contribution in [0.15, 0.2) is 42.6 Å². The molecule has 4 heteroatoms. The first-order chi connectivity index (χ1) is 8.83. The van der Waals surface area contributed by atoms with Crippen LogP contribution >= 0.6 is 0 Å². The van der Waals surface area contributed by atoms with Gasteiger partial charge in [-0.3, -0.25) is 0 Å². The Hall–Kier alpha value is -2.54. The molecule has 0 radical (unpaired) electrons. The highest BCUT2D eigenvalue weighted by Gasteiger charge is 2.02. The van der Waals surface area contributed by atoms with Gasteiger partial charge in [-0.2, -0.15) is 5.26 Å². The van der Waals surface area contributed by atoms with Crippen LogP contribution < -0.4 is 10.1 Å². The number of nitrogens with zero attached hydrogens (tertiary/aromatic N) is 2. The van der Waals surface area contributed by atoms with E-state index < -0.39 is 0 Å². The molecule has 0 fully saturated rings. The SMILES string of the molecule is COc1cccnc1NCc1ccc(C#N)cc1. The molecule has 0 saturated carbocycles. The second-order valence-electron chi connectivity index (χ2n) is 3.72. The number of benzene rings is 1. The van der Waals surface area contributed by atoms with Gasteiger partial charge in [0, 0.05) is 12.7 Å². The third kappa shape index (κ3) is 2.77. The highest BCUT2D eigenvalue weighted by molar-refractivity contribution is 5.49. The monoisotopic (exact) mass is 239 g/mol. The number of hydrogen-bond acceptors (Lipinski definition) is 4. The van der Waals surface area contributed by atoms with Crippen molar-refractivity contribution in [3.05, 3.63) is 53.7 Å². The molecular weight excluding hydrogens is 226 g/mol. The maximum Gasteiger partial charge on any atom is 0.168 e. The number of aromatic nitrogens is 1. The van der Waals surface area contributed by atoms with Crippen molar-refractivity contribution in [2.45, 2.75) is 6.54 Å². The van der Waals surface area contributed by atoms with Crippen LogP contribution in [0, 0.1) is 11.3 Å². The van der Waals surface area contributed by atoms with Gasteiger partial charge in [-0.15, -0.1) is 0 Å². The molecule has 0 unspecified atom stereocenters. The van der Waals surface area contributed by atoms with Gasteiger partial charge in [-0.05, 0) is 29.8 Å². The second kappa shape index (κ2) is 5.69. The van der Waals surface area contributed by atoms with Crippen LogP contribution in [0.25, 0.3) is 0 Å². The second-order valence-corrected chi connectivity index (χ2v) is 3.72. The first-order valence-electron chi connectivity index (χ1n) is 5.55. The molecule has 1 N–H and O–H groups in total. The predicted molar refractivity (Wildman–Crippen MR) is 69.3 cm³/mol. The lowest BCUT2D eigenvalue weighted by atomic mass is 10.1. The molecule has 0 aliphatic rings. The zero-order chi connectivity index (χ0) is 12.8. The number of ether oxygens (including phenoxy) is 1. The van der Waals surface area contributed by atoms with Crippen molar-refractivity contribution in [2.24, 2.45) is 0 Å². The van der Waals surface area contributed by atoms with Crippen LogP contribution in [0.1, 0.15) is 11.1 Å². The number of anilines is 1. The predicted octanol–water partition coefficient (Wildman–Crippen LogP) is 2.57. The molecule has 90 valence electrons. The third-order valence-electron chi connectivity index (χ3n) is 2.53. The van der Waals surface area contributed by atoms with Gasteiger partial charge in [0.2, 0.25) is 0 Å². The highest BCUT2D eigenvalue weighted by Crippen LogP contribution is 2.20. The molecular formula is C14H13N3O. The molecule has 1 heterocycles. The Bertz CT molecular complexity index is 558. The molecule has 0 spiro atoms. The Morgan fingerprint density at radius 1 is 1.28 bits per heavy atom. The molecule has 0 aliphatic heterocycles. The summed E-state index contributed by atoms with van der Waals surface area (Å²) in [5.41, 5.74) is 1.75. The molecule has 0 amide bonds. The summed E-state index contributed by atoms with van der Waals surface area (Å²) in [6.45, 7) is 0.638. The minimum Gasteiger partial charge on any atom is -0.493 e. The van der Waals surface area contributed by atoms with E-state index in [0.717, 1.165) is 5.56 Å².